The molecule has 0 spiro atoms. The van der Waals surface area contributed by atoms with Crippen LogP contribution in [0.5, 0.6) is 5.75 Å². The number of hydrogen-bond acceptors (Lipinski definition) is 2. The van der Waals surface area contributed by atoms with Gasteiger partial charge in [-0.25, -0.2) is 4.39 Å². The van der Waals surface area contributed by atoms with Gasteiger partial charge in [0.15, 0.2) is 0 Å². The summed E-state index contributed by atoms with van der Waals surface area (Å²) in [6, 6.07) is 11.8. The summed E-state index contributed by atoms with van der Waals surface area (Å²) in [5.41, 5.74) is 1.23. The molecule has 0 bridgehead atoms. The van der Waals surface area contributed by atoms with Gasteiger partial charge in [-0.3, -0.25) is 0 Å². The van der Waals surface area contributed by atoms with E-state index in [0.717, 1.165) is 12.2 Å². The van der Waals surface area contributed by atoms with E-state index in [1.54, 1.807) is 24.3 Å². The van der Waals surface area contributed by atoms with Crippen molar-refractivity contribution in [2.24, 2.45) is 0 Å². The fourth-order valence-electron chi connectivity index (χ4n) is 1.84. The lowest BCUT2D eigenvalue weighted by atomic mass is 10.0. The molecule has 0 amide bonds. The van der Waals surface area contributed by atoms with Crippen molar-refractivity contribution in [2.45, 2.75) is 19.4 Å². The molecule has 0 saturated carbocycles. The summed E-state index contributed by atoms with van der Waals surface area (Å²) in [5, 5.41) is 10.3. The maximum Gasteiger partial charge on any atom is 0.137 e. The molecule has 0 heterocycles. The van der Waals surface area contributed by atoms with Gasteiger partial charge in [-0.2, -0.15) is 0 Å². The summed E-state index contributed by atoms with van der Waals surface area (Å²) in [4.78, 5) is 0. The van der Waals surface area contributed by atoms with Crippen LogP contribution in [-0.2, 0) is 0 Å². The number of halogens is 2. The van der Waals surface area contributed by atoms with E-state index in [2.05, 4.69) is 15.9 Å². The van der Waals surface area contributed by atoms with Crippen LogP contribution in [0.25, 0.3) is 0 Å². The van der Waals surface area contributed by atoms with Gasteiger partial charge >= 0.3 is 0 Å². The van der Waals surface area contributed by atoms with Gasteiger partial charge in [0.1, 0.15) is 17.7 Å². The molecule has 0 aromatic heterocycles. The van der Waals surface area contributed by atoms with Crippen LogP contribution in [0.3, 0.4) is 0 Å². The Hall–Kier alpha value is -1.39. The Morgan fingerprint density at radius 1 is 1.15 bits per heavy atom. The Morgan fingerprint density at radius 2 is 1.80 bits per heavy atom. The number of ether oxygens (including phenoxy) is 1. The van der Waals surface area contributed by atoms with Gasteiger partial charge in [0.25, 0.3) is 0 Å². The summed E-state index contributed by atoms with van der Waals surface area (Å²) in [5.74, 6) is 0.384. The van der Waals surface area contributed by atoms with Gasteiger partial charge in [-0.15, -0.1) is 0 Å². The van der Waals surface area contributed by atoms with Crippen molar-refractivity contribution in [2.75, 3.05) is 6.61 Å². The molecule has 4 heteroatoms. The summed E-state index contributed by atoms with van der Waals surface area (Å²) < 4.78 is 19.3. The zero-order valence-corrected chi connectivity index (χ0v) is 12.7. The summed E-state index contributed by atoms with van der Waals surface area (Å²) in [7, 11) is 0. The van der Waals surface area contributed by atoms with E-state index in [-0.39, 0.29) is 5.82 Å². The Labute approximate surface area is 126 Å². The highest BCUT2D eigenvalue weighted by Crippen LogP contribution is 2.26. The molecule has 2 rings (SSSR count). The molecule has 0 saturated heterocycles. The lowest BCUT2D eigenvalue weighted by molar-refractivity contribution is 0.219. The quantitative estimate of drug-likeness (QED) is 0.872. The standard InChI is InChI=1S/C16H16BrFO2/c1-2-9-20-13-6-3-11(4-7-13)16(19)12-5-8-14(17)15(18)10-12/h3-8,10,16,19H,2,9H2,1H3. The van der Waals surface area contributed by atoms with Crippen LogP contribution in [0.4, 0.5) is 4.39 Å². The van der Waals surface area contributed by atoms with Crippen molar-refractivity contribution in [3.63, 3.8) is 0 Å². The predicted molar refractivity (Wildman–Crippen MR) is 80.4 cm³/mol. The molecular formula is C16H16BrFO2. The van der Waals surface area contributed by atoms with Crippen LogP contribution in [0.2, 0.25) is 0 Å². The number of rotatable bonds is 5. The van der Waals surface area contributed by atoms with Crippen molar-refractivity contribution in [3.8, 4) is 5.75 Å². The molecule has 1 unspecified atom stereocenters. The minimum atomic E-state index is -0.849. The zero-order valence-electron chi connectivity index (χ0n) is 11.1. The third-order valence-corrected chi connectivity index (χ3v) is 3.57. The molecule has 106 valence electrons. The Kier molecular flexibility index (Phi) is 5.15. The molecule has 0 radical (unpaired) electrons. The normalized spacial score (nSPS) is 12.2. The minimum absolute atomic E-state index is 0.385. The van der Waals surface area contributed by atoms with Crippen LogP contribution in [-0.4, -0.2) is 11.7 Å². The van der Waals surface area contributed by atoms with Crippen LogP contribution in [0, 0.1) is 5.82 Å². The summed E-state index contributed by atoms with van der Waals surface area (Å²) in [6.07, 6.45) is 0.0977. The molecule has 0 aliphatic heterocycles. The first-order valence-electron chi connectivity index (χ1n) is 6.47. The van der Waals surface area contributed by atoms with Gasteiger partial charge in [-0.1, -0.05) is 25.1 Å². The van der Waals surface area contributed by atoms with E-state index in [0.29, 0.717) is 22.2 Å². The molecular weight excluding hydrogens is 323 g/mol. The Bertz CT molecular complexity index is 569. The highest BCUT2D eigenvalue weighted by Gasteiger charge is 2.12. The first kappa shape index (κ1) is 15.0. The largest absolute Gasteiger partial charge is 0.494 e. The van der Waals surface area contributed by atoms with Crippen molar-refractivity contribution in [1.29, 1.82) is 0 Å². The van der Waals surface area contributed by atoms with Crippen molar-refractivity contribution in [1.82, 2.24) is 0 Å². The zero-order chi connectivity index (χ0) is 14.5. The number of aliphatic hydroxyl groups is 1. The Balaban J connectivity index is 2.15. The lowest BCUT2D eigenvalue weighted by Crippen LogP contribution is -2.01. The van der Waals surface area contributed by atoms with Crippen LogP contribution >= 0.6 is 15.9 Å². The monoisotopic (exact) mass is 338 g/mol. The second-order valence-corrected chi connectivity index (χ2v) is 5.35. The molecule has 20 heavy (non-hydrogen) atoms. The van der Waals surface area contributed by atoms with Gasteiger partial charge in [0, 0.05) is 0 Å². The SMILES string of the molecule is CCCOc1ccc(C(O)c2ccc(Br)c(F)c2)cc1. The maximum atomic E-state index is 13.5. The molecule has 2 aromatic carbocycles. The molecule has 2 aromatic rings. The van der Waals surface area contributed by atoms with Crippen molar-refractivity contribution < 1.29 is 14.2 Å². The van der Waals surface area contributed by atoms with Crippen molar-refractivity contribution in [3.05, 3.63) is 63.9 Å². The molecule has 0 aliphatic carbocycles. The van der Waals surface area contributed by atoms with E-state index < -0.39 is 6.10 Å². The highest BCUT2D eigenvalue weighted by atomic mass is 79.9. The fourth-order valence-corrected chi connectivity index (χ4v) is 2.09. The van der Waals surface area contributed by atoms with E-state index in [9.17, 15) is 9.50 Å². The lowest BCUT2D eigenvalue weighted by Gasteiger charge is -2.13. The maximum absolute atomic E-state index is 13.5. The predicted octanol–water partition coefficient (Wildman–Crippen LogP) is 4.46. The van der Waals surface area contributed by atoms with Gasteiger partial charge < -0.3 is 9.84 Å². The molecule has 0 aliphatic rings. The van der Waals surface area contributed by atoms with E-state index >= 15 is 0 Å². The molecule has 2 nitrogen and oxygen atoms in total. The van der Waals surface area contributed by atoms with Gasteiger partial charge in [0.2, 0.25) is 0 Å². The van der Waals surface area contributed by atoms with E-state index in [1.165, 1.54) is 6.07 Å². The number of aliphatic hydroxyl groups excluding tert-OH is 1. The van der Waals surface area contributed by atoms with Gasteiger partial charge in [-0.05, 0) is 57.7 Å². The second-order valence-electron chi connectivity index (χ2n) is 4.49. The minimum Gasteiger partial charge on any atom is -0.494 e. The Morgan fingerprint density at radius 3 is 2.40 bits per heavy atom. The average molecular weight is 339 g/mol. The third-order valence-electron chi connectivity index (χ3n) is 2.93. The highest BCUT2D eigenvalue weighted by molar-refractivity contribution is 9.10. The van der Waals surface area contributed by atoms with Crippen LogP contribution in [0.1, 0.15) is 30.6 Å². The average Bonchev–Trinajstić information content (AvgIpc) is 2.48. The fraction of sp³-hybridized carbons (Fsp3) is 0.250. The second kappa shape index (κ2) is 6.86. The van der Waals surface area contributed by atoms with E-state index in [1.807, 2.05) is 19.1 Å². The van der Waals surface area contributed by atoms with Crippen LogP contribution in [0.15, 0.2) is 46.9 Å². The third kappa shape index (κ3) is 3.58. The van der Waals surface area contributed by atoms with Crippen molar-refractivity contribution >= 4 is 15.9 Å². The molecule has 0 fully saturated rings. The molecule has 1 N–H and O–H groups in total. The number of benzene rings is 2. The first-order chi connectivity index (χ1) is 9.61. The van der Waals surface area contributed by atoms with Gasteiger partial charge in [0.05, 0.1) is 11.1 Å². The smallest absolute Gasteiger partial charge is 0.137 e. The topological polar surface area (TPSA) is 29.5 Å². The summed E-state index contributed by atoms with van der Waals surface area (Å²) in [6.45, 7) is 2.71. The van der Waals surface area contributed by atoms with Crippen LogP contribution < -0.4 is 4.74 Å². The first-order valence-corrected chi connectivity index (χ1v) is 7.27. The summed E-state index contributed by atoms with van der Waals surface area (Å²) >= 11 is 3.10. The van der Waals surface area contributed by atoms with E-state index in [4.69, 9.17) is 4.74 Å². The number of hydrogen-bond donors (Lipinski definition) is 1. The molecule has 1 atom stereocenters.